The summed E-state index contributed by atoms with van der Waals surface area (Å²) in [6, 6.07) is 18.7. The number of amides is 1. The van der Waals surface area contributed by atoms with E-state index < -0.39 is 0 Å². The number of hydrogen-bond acceptors (Lipinski definition) is 5. The molecule has 2 aliphatic rings. The van der Waals surface area contributed by atoms with Crippen LogP contribution in [0.4, 0.5) is 5.95 Å². The standard InChI is InChI=1S/C26H33N5O2/c32-24(27-20-26(11-17-33-18-12-26)21-7-2-1-3-8-21)19-30-13-6-14-31(16-15-30)25-28-22-9-4-5-10-23(22)29-25/h1-5,7-10H,6,11-20H2,(H,27,32)(H,28,29). The molecule has 7 heteroatoms. The minimum Gasteiger partial charge on any atom is -0.381 e. The van der Waals surface area contributed by atoms with Gasteiger partial charge in [-0.25, -0.2) is 4.98 Å². The molecule has 7 nitrogen and oxygen atoms in total. The van der Waals surface area contributed by atoms with Crippen LogP contribution >= 0.6 is 0 Å². The van der Waals surface area contributed by atoms with E-state index in [1.165, 1.54) is 5.56 Å². The fourth-order valence-electron chi connectivity index (χ4n) is 5.08. The van der Waals surface area contributed by atoms with Crippen molar-refractivity contribution in [1.82, 2.24) is 20.2 Å². The summed E-state index contributed by atoms with van der Waals surface area (Å²) < 4.78 is 5.62. The normalized spacial score (nSPS) is 19.3. The van der Waals surface area contributed by atoms with Gasteiger partial charge < -0.3 is 19.9 Å². The number of carbonyl (C=O) groups is 1. The van der Waals surface area contributed by atoms with E-state index in [0.29, 0.717) is 13.1 Å². The molecule has 1 amide bonds. The largest absolute Gasteiger partial charge is 0.381 e. The molecule has 1 aromatic heterocycles. The van der Waals surface area contributed by atoms with Crippen molar-refractivity contribution < 1.29 is 9.53 Å². The van der Waals surface area contributed by atoms with E-state index in [0.717, 1.165) is 75.6 Å². The van der Waals surface area contributed by atoms with E-state index in [-0.39, 0.29) is 11.3 Å². The van der Waals surface area contributed by atoms with E-state index in [1.807, 2.05) is 24.3 Å². The quantitative estimate of drug-likeness (QED) is 0.608. The van der Waals surface area contributed by atoms with Gasteiger partial charge in [-0.2, -0.15) is 0 Å². The van der Waals surface area contributed by atoms with Gasteiger partial charge in [0.05, 0.1) is 17.6 Å². The molecule has 2 saturated heterocycles. The molecule has 3 aromatic rings. The Hall–Kier alpha value is -2.90. The molecule has 0 saturated carbocycles. The second kappa shape index (κ2) is 9.93. The maximum Gasteiger partial charge on any atom is 0.234 e. The third-order valence-corrected chi connectivity index (χ3v) is 7.09. The molecule has 5 rings (SSSR count). The molecule has 0 atom stereocenters. The number of rotatable bonds is 6. The van der Waals surface area contributed by atoms with Crippen molar-refractivity contribution in [2.24, 2.45) is 0 Å². The highest BCUT2D eigenvalue weighted by atomic mass is 16.5. The minimum absolute atomic E-state index is 0.0357. The van der Waals surface area contributed by atoms with Crippen LogP contribution in [0.25, 0.3) is 11.0 Å². The molecule has 2 aromatic carbocycles. The summed E-state index contributed by atoms with van der Waals surface area (Å²) in [4.78, 5) is 25.6. The monoisotopic (exact) mass is 447 g/mol. The molecule has 2 N–H and O–H groups in total. The van der Waals surface area contributed by atoms with Gasteiger partial charge in [0.2, 0.25) is 11.9 Å². The number of anilines is 1. The predicted octanol–water partition coefficient (Wildman–Crippen LogP) is 2.94. The minimum atomic E-state index is -0.0357. The molecule has 174 valence electrons. The number of para-hydroxylation sites is 2. The first-order chi connectivity index (χ1) is 16.2. The van der Waals surface area contributed by atoms with Gasteiger partial charge in [0.1, 0.15) is 0 Å². The Bertz CT molecular complexity index is 1030. The van der Waals surface area contributed by atoms with Crippen LogP contribution in [0, 0.1) is 0 Å². The number of aromatic amines is 1. The van der Waals surface area contributed by atoms with E-state index in [9.17, 15) is 4.79 Å². The molecular formula is C26H33N5O2. The molecule has 0 radical (unpaired) electrons. The summed E-state index contributed by atoms with van der Waals surface area (Å²) in [5, 5.41) is 3.25. The van der Waals surface area contributed by atoms with Crippen LogP contribution in [-0.4, -0.2) is 73.3 Å². The van der Waals surface area contributed by atoms with Gasteiger partial charge in [-0.05, 0) is 37.0 Å². The smallest absolute Gasteiger partial charge is 0.234 e. The van der Waals surface area contributed by atoms with Crippen molar-refractivity contribution in [3.05, 3.63) is 60.2 Å². The maximum atomic E-state index is 12.9. The van der Waals surface area contributed by atoms with Gasteiger partial charge in [-0.15, -0.1) is 0 Å². The lowest BCUT2D eigenvalue weighted by Gasteiger charge is -2.38. The average molecular weight is 448 g/mol. The van der Waals surface area contributed by atoms with E-state index in [2.05, 4.69) is 50.4 Å². The van der Waals surface area contributed by atoms with Gasteiger partial charge in [0.15, 0.2) is 0 Å². The Morgan fingerprint density at radius 3 is 2.61 bits per heavy atom. The molecule has 33 heavy (non-hydrogen) atoms. The highest BCUT2D eigenvalue weighted by Crippen LogP contribution is 2.34. The SMILES string of the molecule is O=C(CN1CCCN(c2nc3ccccc3[nH]2)CC1)NCC1(c2ccccc2)CCOCC1. The molecule has 0 bridgehead atoms. The fourth-order valence-corrected chi connectivity index (χ4v) is 5.08. The predicted molar refractivity (Wildman–Crippen MR) is 131 cm³/mol. The van der Waals surface area contributed by atoms with E-state index >= 15 is 0 Å². The number of aromatic nitrogens is 2. The van der Waals surface area contributed by atoms with Crippen LogP contribution in [0.1, 0.15) is 24.8 Å². The van der Waals surface area contributed by atoms with Crippen molar-refractivity contribution in [2.45, 2.75) is 24.7 Å². The van der Waals surface area contributed by atoms with E-state index in [1.54, 1.807) is 0 Å². The summed E-state index contributed by atoms with van der Waals surface area (Å²) >= 11 is 0. The lowest BCUT2D eigenvalue weighted by molar-refractivity contribution is -0.122. The summed E-state index contributed by atoms with van der Waals surface area (Å²) in [6.07, 6.45) is 2.89. The van der Waals surface area contributed by atoms with Crippen molar-refractivity contribution >= 4 is 22.9 Å². The lowest BCUT2D eigenvalue weighted by atomic mass is 9.74. The van der Waals surface area contributed by atoms with Crippen molar-refractivity contribution in [2.75, 3.05) is 57.4 Å². The number of ether oxygens (including phenoxy) is 1. The van der Waals surface area contributed by atoms with Gasteiger partial charge in [0.25, 0.3) is 0 Å². The van der Waals surface area contributed by atoms with Gasteiger partial charge in [-0.3, -0.25) is 9.69 Å². The van der Waals surface area contributed by atoms with Crippen LogP contribution in [0.2, 0.25) is 0 Å². The Balaban J connectivity index is 1.16. The zero-order chi connectivity index (χ0) is 22.5. The van der Waals surface area contributed by atoms with E-state index in [4.69, 9.17) is 9.72 Å². The zero-order valence-corrected chi connectivity index (χ0v) is 19.1. The second-order valence-corrected chi connectivity index (χ2v) is 9.23. The molecule has 0 spiro atoms. The molecule has 2 fully saturated rings. The molecule has 2 aliphatic heterocycles. The number of nitrogens with zero attached hydrogens (tertiary/aromatic N) is 3. The highest BCUT2D eigenvalue weighted by molar-refractivity contribution is 5.78. The zero-order valence-electron chi connectivity index (χ0n) is 19.1. The average Bonchev–Trinajstić information content (AvgIpc) is 3.16. The number of hydrogen-bond donors (Lipinski definition) is 2. The molecule has 3 heterocycles. The second-order valence-electron chi connectivity index (χ2n) is 9.23. The van der Waals surface area contributed by atoms with Crippen molar-refractivity contribution in [3.63, 3.8) is 0 Å². The third kappa shape index (κ3) is 5.04. The molecule has 0 aliphatic carbocycles. The summed E-state index contributed by atoms with van der Waals surface area (Å²) in [7, 11) is 0. The molecular weight excluding hydrogens is 414 g/mol. The van der Waals surface area contributed by atoms with Crippen molar-refractivity contribution in [3.8, 4) is 0 Å². The van der Waals surface area contributed by atoms with Crippen molar-refractivity contribution in [1.29, 1.82) is 0 Å². The molecule has 0 unspecified atom stereocenters. The number of fused-ring (bicyclic) bond motifs is 1. The Morgan fingerprint density at radius 1 is 1.00 bits per heavy atom. The Labute approximate surface area is 195 Å². The Kier molecular flexibility index (Phi) is 6.60. The van der Waals surface area contributed by atoms with Gasteiger partial charge in [-0.1, -0.05) is 42.5 Å². The van der Waals surface area contributed by atoms with Gasteiger partial charge in [0, 0.05) is 51.4 Å². The number of imidazole rings is 1. The summed E-state index contributed by atoms with van der Waals surface area (Å²) in [5.41, 5.74) is 3.32. The van der Waals surface area contributed by atoms with Crippen LogP contribution in [0.5, 0.6) is 0 Å². The summed E-state index contributed by atoms with van der Waals surface area (Å²) in [6.45, 7) is 6.16. The fraction of sp³-hybridized carbons (Fsp3) is 0.462. The first-order valence-electron chi connectivity index (χ1n) is 12.0. The number of carbonyl (C=O) groups excluding carboxylic acids is 1. The third-order valence-electron chi connectivity index (χ3n) is 7.09. The van der Waals surface area contributed by atoms with Crippen LogP contribution in [0.3, 0.4) is 0 Å². The topological polar surface area (TPSA) is 73.5 Å². The number of nitrogens with one attached hydrogen (secondary N) is 2. The lowest BCUT2D eigenvalue weighted by Crippen LogP contribution is -2.47. The Morgan fingerprint density at radius 2 is 1.79 bits per heavy atom. The van der Waals surface area contributed by atoms with Gasteiger partial charge >= 0.3 is 0 Å². The van der Waals surface area contributed by atoms with Crippen LogP contribution in [0.15, 0.2) is 54.6 Å². The summed E-state index contributed by atoms with van der Waals surface area (Å²) in [5.74, 6) is 1.03. The number of H-pyrrole nitrogens is 1. The first kappa shape index (κ1) is 21.9. The maximum absolute atomic E-state index is 12.9. The number of benzene rings is 2. The highest BCUT2D eigenvalue weighted by Gasteiger charge is 2.34. The van der Waals surface area contributed by atoms with Crippen LogP contribution in [-0.2, 0) is 14.9 Å². The van der Waals surface area contributed by atoms with Crippen LogP contribution < -0.4 is 10.2 Å². The first-order valence-corrected chi connectivity index (χ1v) is 12.0.